The number of methoxy groups -OCH3 is 1. The molecule has 0 heterocycles. The third-order valence-electron chi connectivity index (χ3n) is 3.29. The Morgan fingerprint density at radius 3 is 2.68 bits per heavy atom. The Morgan fingerprint density at radius 2 is 2.00 bits per heavy atom. The first kappa shape index (κ1) is 18.3. The number of esters is 1. The standard InChI is InChI=1S/C18H15ClN2O4/c1-11(17(22)21-14-5-3-4-12(8-14)10-20)25-18(23)15-9-13(19)6-7-16(15)24-2/h3-9,11H,1-2H3,(H,21,22). The van der Waals surface area contributed by atoms with Crippen molar-refractivity contribution in [2.75, 3.05) is 12.4 Å². The summed E-state index contributed by atoms with van der Waals surface area (Å²) in [6, 6.07) is 12.9. The summed E-state index contributed by atoms with van der Waals surface area (Å²) >= 11 is 5.88. The van der Waals surface area contributed by atoms with Crippen molar-refractivity contribution < 1.29 is 19.1 Å². The number of halogens is 1. The number of nitrogens with one attached hydrogen (secondary N) is 1. The fourth-order valence-electron chi connectivity index (χ4n) is 2.03. The average Bonchev–Trinajstić information content (AvgIpc) is 2.61. The van der Waals surface area contributed by atoms with Gasteiger partial charge in [-0.25, -0.2) is 4.79 Å². The molecule has 0 aliphatic heterocycles. The second-order valence-corrected chi connectivity index (χ2v) is 5.51. The van der Waals surface area contributed by atoms with E-state index in [2.05, 4.69) is 5.32 Å². The van der Waals surface area contributed by atoms with Crippen LogP contribution in [0.3, 0.4) is 0 Å². The summed E-state index contributed by atoms with van der Waals surface area (Å²) in [4.78, 5) is 24.4. The summed E-state index contributed by atoms with van der Waals surface area (Å²) < 4.78 is 10.3. The molecule has 2 rings (SSSR count). The number of benzene rings is 2. The Morgan fingerprint density at radius 1 is 1.24 bits per heavy atom. The molecule has 0 aromatic heterocycles. The molecule has 0 saturated carbocycles. The van der Waals surface area contributed by atoms with Gasteiger partial charge in [0.05, 0.1) is 18.7 Å². The number of hydrogen-bond acceptors (Lipinski definition) is 5. The van der Waals surface area contributed by atoms with Crippen molar-refractivity contribution in [1.29, 1.82) is 5.26 Å². The number of carbonyl (C=O) groups is 2. The van der Waals surface area contributed by atoms with Gasteiger partial charge in [0.15, 0.2) is 6.10 Å². The third-order valence-corrected chi connectivity index (χ3v) is 3.53. The highest BCUT2D eigenvalue weighted by atomic mass is 35.5. The van der Waals surface area contributed by atoms with Gasteiger partial charge in [-0.05, 0) is 43.3 Å². The largest absolute Gasteiger partial charge is 0.496 e. The van der Waals surface area contributed by atoms with Crippen molar-refractivity contribution >= 4 is 29.2 Å². The van der Waals surface area contributed by atoms with Crippen LogP contribution in [0.5, 0.6) is 5.75 Å². The zero-order valence-corrected chi connectivity index (χ0v) is 14.3. The van der Waals surface area contributed by atoms with E-state index < -0.39 is 18.0 Å². The molecular weight excluding hydrogens is 344 g/mol. The first-order valence-electron chi connectivity index (χ1n) is 7.30. The van der Waals surface area contributed by atoms with Gasteiger partial charge in [-0.3, -0.25) is 4.79 Å². The average molecular weight is 359 g/mol. The Hall–Kier alpha value is -3.04. The van der Waals surface area contributed by atoms with E-state index >= 15 is 0 Å². The Bertz CT molecular complexity index is 845. The van der Waals surface area contributed by atoms with Crippen molar-refractivity contribution in [1.82, 2.24) is 0 Å². The van der Waals surface area contributed by atoms with Gasteiger partial charge in [0.1, 0.15) is 11.3 Å². The van der Waals surface area contributed by atoms with Crippen LogP contribution in [0, 0.1) is 11.3 Å². The van der Waals surface area contributed by atoms with Crippen LogP contribution in [0.25, 0.3) is 0 Å². The molecule has 0 spiro atoms. The molecule has 25 heavy (non-hydrogen) atoms. The van der Waals surface area contributed by atoms with Crippen LogP contribution < -0.4 is 10.1 Å². The van der Waals surface area contributed by atoms with Crippen molar-refractivity contribution in [3.05, 3.63) is 58.6 Å². The van der Waals surface area contributed by atoms with Crippen molar-refractivity contribution in [3.8, 4) is 11.8 Å². The lowest BCUT2D eigenvalue weighted by Gasteiger charge is -2.15. The van der Waals surface area contributed by atoms with Crippen LogP contribution in [0.1, 0.15) is 22.8 Å². The number of anilines is 1. The predicted octanol–water partition coefficient (Wildman–Crippen LogP) is 3.40. The van der Waals surface area contributed by atoms with Crippen molar-refractivity contribution in [2.45, 2.75) is 13.0 Å². The van der Waals surface area contributed by atoms with E-state index in [4.69, 9.17) is 26.3 Å². The fourth-order valence-corrected chi connectivity index (χ4v) is 2.20. The molecule has 1 unspecified atom stereocenters. The monoisotopic (exact) mass is 358 g/mol. The highest BCUT2D eigenvalue weighted by Gasteiger charge is 2.22. The number of carbonyl (C=O) groups excluding carboxylic acids is 2. The van der Waals surface area contributed by atoms with E-state index in [0.29, 0.717) is 22.0 Å². The number of nitrogens with zero attached hydrogens (tertiary/aromatic N) is 1. The van der Waals surface area contributed by atoms with E-state index in [0.717, 1.165) is 0 Å². The second kappa shape index (κ2) is 8.18. The maximum Gasteiger partial charge on any atom is 0.342 e. The first-order valence-corrected chi connectivity index (χ1v) is 7.68. The molecule has 1 amide bonds. The molecule has 0 aliphatic carbocycles. The molecule has 0 fully saturated rings. The van der Waals surface area contributed by atoms with Crippen molar-refractivity contribution in [2.24, 2.45) is 0 Å². The van der Waals surface area contributed by atoms with Crippen LogP contribution in [0.15, 0.2) is 42.5 Å². The van der Waals surface area contributed by atoms with Crippen LogP contribution in [0.4, 0.5) is 5.69 Å². The molecule has 128 valence electrons. The zero-order chi connectivity index (χ0) is 18.4. The maximum atomic E-state index is 12.3. The number of hydrogen-bond donors (Lipinski definition) is 1. The molecule has 7 heteroatoms. The minimum absolute atomic E-state index is 0.126. The van der Waals surface area contributed by atoms with Gasteiger partial charge in [-0.15, -0.1) is 0 Å². The number of ether oxygens (including phenoxy) is 2. The maximum absolute atomic E-state index is 12.3. The Balaban J connectivity index is 2.07. The molecule has 2 aromatic carbocycles. The molecule has 0 saturated heterocycles. The highest BCUT2D eigenvalue weighted by Crippen LogP contribution is 2.24. The van der Waals surface area contributed by atoms with Gasteiger partial charge in [-0.2, -0.15) is 5.26 Å². The number of rotatable bonds is 5. The summed E-state index contributed by atoms with van der Waals surface area (Å²) in [5.74, 6) is -0.957. The predicted molar refractivity (Wildman–Crippen MR) is 92.7 cm³/mol. The molecule has 6 nitrogen and oxygen atoms in total. The quantitative estimate of drug-likeness (QED) is 0.827. The van der Waals surface area contributed by atoms with Crippen LogP contribution in [-0.4, -0.2) is 25.1 Å². The number of amides is 1. The van der Waals surface area contributed by atoms with E-state index in [1.165, 1.54) is 32.2 Å². The van der Waals surface area contributed by atoms with E-state index in [1.807, 2.05) is 6.07 Å². The van der Waals surface area contributed by atoms with Crippen molar-refractivity contribution in [3.63, 3.8) is 0 Å². The molecule has 0 radical (unpaired) electrons. The first-order chi connectivity index (χ1) is 11.9. The second-order valence-electron chi connectivity index (χ2n) is 5.07. The van der Waals surface area contributed by atoms with Gasteiger partial charge in [0.2, 0.25) is 0 Å². The van der Waals surface area contributed by atoms with E-state index in [-0.39, 0.29) is 5.56 Å². The summed E-state index contributed by atoms with van der Waals surface area (Å²) in [5, 5.41) is 11.8. The summed E-state index contributed by atoms with van der Waals surface area (Å²) in [5.41, 5.74) is 0.972. The van der Waals surface area contributed by atoms with Gasteiger partial charge < -0.3 is 14.8 Å². The van der Waals surface area contributed by atoms with Gasteiger partial charge in [0.25, 0.3) is 5.91 Å². The third kappa shape index (κ3) is 4.72. The minimum atomic E-state index is -1.05. The molecule has 1 N–H and O–H groups in total. The highest BCUT2D eigenvalue weighted by molar-refractivity contribution is 6.31. The molecule has 2 aromatic rings. The zero-order valence-electron chi connectivity index (χ0n) is 13.6. The number of nitriles is 1. The SMILES string of the molecule is COc1ccc(Cl)cc1C(=O)OC(C)C(=O)Nc1cccc(C#N)c1. The van der Waals surface area contributed by atoms with Gasteiger partial charge >= 0.3 is 5.97 Å². The molecular formula is C18H15ClN2O4. The topological polar surface area (TPSA) is 88.4 Å². The Kier molecular flexibility index (Phi) is 5.98. The minimum Gasteiger partial charge on any atom is -0.496 e. The van der Waals surface area contributed by atoms with Gasteiger partial charge in [-0.1, -0.05) is 17.7 Å². The summed E-state index contributed by atoms with van der Waals surface area (Å²) in [6.45, 7) is 1.44. The van der Waals surface area contributed by atoms with Gasteiger partial charge in [0, 0.05) is 10.7 Å². The van der Waals surface area contributed by atoms with E-state index in [1.54, 1.807) is 24.3 Å². The molecule has 1 atom stereocenters. The summed E-state index contributed by atoms with van der Waals surface area (Å²) in [6.07, 6.45) is -1.05. The Labute approximate surface area is 149 Å². The fraction of sp³-hybridized carbons (Fsp3) is 0.167. The normalized spacial score (nSPS) is 11.1. The molecule has 0 aliphatic rings. The lowest BCUT2D eigenvalue weighted by molar-refractivity contribution is -0.123. The van der Waals surface area contributed by atoms with Crippen LogP contribution in [-0.2, 0) is 9.53 Å². The molecule has 0 bridgehead atoms. The smallest absolute Gasteiger partial charge is 0.342 e. The van der Waals surface area contributed by atoms with Crippen LogP contribution in [0.2, 0.25) is 5.02 Å². The lowest BCUT2D eigenvalue weighted by Crippen LogP contribution is -2.30. The lowest BCUT2D eigenvalue weighted by atomic mass is 10.2. The van der Waals surface area contributed by atoms with E-state index in [9.17, 15) is 9.59 Å². The summed E-state index contributed by atoms with van der Waals surface area (Å²) in [7, 11) is 1.42. The van der Waals surface area contributed by atoms with Crippen LogP contribution >= 0.6 is 11.6 Å².